The first-order valence-corrected chi connectivity index (χ1v) is 10.3. The monoisotopic (exact) mass is 366 g/mol. The Balaban J connectivity index is 1.73. The van der Waals surface area contributed by atoms with Gasteiger partial charge in [0.2, 0.25) is 5.91 Å². The van der Waals surface area contributed by atoms with Crippen LogP contribution in [0.5, 0.6) is 5.75 Å². The molecule has 0 saturated carbocycles. The van der Waals surface area contributed by atoms with Gasteiger partial charge in [-0.1, -0.05) is 0 Å². The second kappa shape index (κ2) is 7.59. The van der Waals surface area contributed by atoms with E-state index in [4.69, 9.17) is 4.74 Å². The number of rotatable bonds is 4. The molecular weight excluding hydrogens is 348 g/mol. The molecule has 7 heteroatoms. The number of aryl methyl sites for hydroxylation is 1. The number of hydrogen-bond donors (Lipinski definition) is 1. The van der Waals surface area contributed by atoms with Crippen LogP contribution in [0.4, 0.5) is 5.13 Å². The first-order chi connectivity index (χ1) is 11.2. The van der Waals surface area contributed by atoms with Crippen LogP contribution in [0, 0.1) is 6.92 Å². The minimum absolute atomic E-state index is 0.0300. The molecule has 1 atom stereocenters. The SMILES string of the molecule is COc1ccc(-c2nc(NC(=O)C3CSCCS3)sc2C)cc1. The van der Waals surface area contributed by atoms with Gasteiger partial charge in [-0.25, -0.2) is 4.98 Å². The summed E-state index contributed by atoms with van der Waals surface area (Å²) in [5, 5.41) is 3.68. The topological polar surface area (TPSA) is 51.2 Å². The van der Waals surface area contributed by atoms with Crippen molar-refractivity contribution in [3.63, 3.8) is 0 Å². The number of thiazole rings is 1. The van der Waals surface area contributed by atoms with Crippen LogP contribution in [0.1, 0.15) is 4.88 Å². The van der Waals surface area contributed by atoms with E-state index in [0.717, 1.165) is 39.1 Å². The van der Waals surface area contributed by atoms with E-state index in [1.165, 1.54) is 11.3 Å². The van der Waals surface area contributed by atoms with Gasteiger partial charge in [-0.15, -0.1) is 23.1 Å². The third-order valence-corrected chi connectivity index (χ3v) is 7.14. The maximum Gasteiger partial charge on any atom is 0.240 e. The normalized spacial score (nSPS) is 17.7. The third-order valence-electron chi connectivity index (χ3n) is 3.50. The number of thioether (sulfide) groups is 2. The number of hydrogen-bond acceptors (Lipinski definition) is 6. The lowest BCUT2D eigenvalue weighted by Crippen LogP contribution is -2.30. The number of benzene rings is 1. The Morgan fingerprint density at radius 1 is 1.30 bits per heavy atom. The predicted molar refractivity (Wildman–Crippen MR) is 101 cm³/mol. The molecule has 0 aliphatic carbocycles. The number of nitrogens with one attached hydrogen (secondary N) is 1. The minimum atomic E-state index is 0.0300. The molecule has 1 aliphatic rings. The fraction of sp³-hybridized carbons (Fsp3) is 0.375. The first kappa shape index (κ1) is 16.7. The summed E-state index contributed by atoms with van der Waals surface area (Å²) in [6.45, 7) is 2.03. The van der Waals surface area contributed by atoms with Gasteiger partial charge < -0.3 is 10.1 Å². The van der Waals surface area contributed by atoms with Gasteiger partial charge >= 0.3 is 0 Å². The van der Waals surface area contributed by atoms with Crippen molar-refractivity contribution < 1.29 is 9.53 Å². The van der Waals surface area contributed by atoms with Crippen LogP contribution in [-0.2, 0) is 4.79 Å². The second-order valence-corrected chi connectivity index (χ2v) is 8.74. The molecule has 122 valence electrons. The summed E-state index contributed by atoms with van der Waals surface area (Å²) in [5.41, 5.74) is 1.95. The van der Waals surface area contributed by atoms with Crippen molar-refractivity contribution >= 4 is 45.9 Å². The van der Waals surface area contributed by atoms with Crippen LogP contribution < -0.4 is 10.1 Å². The van der Waals surface area contributed by atoms with Gasteiger partial charge in [-0.2, -0.15) is 11.8 Å². The summed E-state index contributed by atoms with van der Waals surface area (Å²) >= 11 is 5.09. The molecule has 0 bridgehead atoms. The number of ether oxygens (including phenoxy) is 1. The zero-order chi connectivity index (χ0) is 16.2. The molecule has 1 N–H and O–H groups in total. The van der Waals surface area contributed by atoms with Crippen LogP contribution in [0.25, 0.3) is 11.3 Å². The van der Waals surface area contributed by atoms with E-state index in [-0.39, 0.29) is 11.2 Å². The second-order valence-electron chi connectivity index (χ2n) is 5.08. The molecule has 23 heavy (non-hydrogen) atoms. The van der Waals surface area contributed by atoms with Crippen molar-refractivity contribution in [1.29, 1.82) is 0 Å². The molecule has 1 saturated heterocycles. The summed E-state index contributed by atoms with van der Waals surface area (Å²) in [6, 6.07) is 7.81. The van der Waals surface area contributed by atoms with Crippen LogP contribution in [0.15, 0.2) is 24.3 Å². The number of methoxy groups -OCH3 is 1. The van der Waals surface area contributed by atoms with Gasteiger partial charge in [0.1, 0.15) is 5.75 Å². The van der Waals surface area contributed by atoms with Gasteiger partial charge in [-0.3, -0.25) is 4.79 Å². The van der Waals surface area contributed by atoms with E-state index in [2.05, 4.69) is 10.3 Å². The average molecular weight is 367 g/mol. The Bertz CT molecular complexity index is 679. The van der Waals surface area contributed by atoms with Gasteiger partial charge in [0.25, 0.3) is 0 Å². The van der Waals surface area contributed by atoms with Gasteiger partial charge in [0.15, 0.2) is 5.13 Å². The Kier molecular flexibility index (Phi) is 5.50. The quantitative estimate of drug-likeness (QED) is 0.889. The largest absolute Gasteiger partial charge is 0.497 e. The molecule has 1 aromatic heterocycles. The van der Waals surface area contributed by atoms with E-state index in [1.54, 1.807) is 18.9 Å². The Hall–Kier alpha value is -1.18. The van der Waals surface area contributed by atoms with E-state index in [1.807, 2.05) is 43.0 Å². The van der Waals surface area contributed by atoms with Gasteiger partial charge in [-0.05, 0) is 31.2 Å². The minimum Gasteiger partial charge on any atom is -0.497 e. The van der Waals surface area contributed by atoms with Crippen LogP contribution >= 0.6 is 34.9 Å². The molecule has 0 radical (unpaired) electrons. The highest BCUT2D eigenvalue weighted by Crippen LogP contribution is 2.32. The smallest absolute Gasteiger partial charge is 0.240 e. The predicted octanol–water partition coefficient (Wildman–Crippen LogP) is 3.91. The lowest BCUT2D eigenvalue weighted by Gasteiger charge is -2.19. The van der Waals surface area contributed by atoms with Gasteiger partial charge in [0.05, 0.1) is 18.1 Å². The maximum atomic E-state index is 12.3. The average Bonchev–Trinajstić information content (AvgIpc) is 2.96. The molecule has 1 aromatic carbocycles. The lowest BCUT2D eigenvalue weighted by atomic mass is 10.1. The van der Waals surface area contributed by atoms with Crippen molar-refractivity contribution in [2.24, 2.45) is 0 Å². The van der Waals surface area contributed by atoms with Crippen LogP contribution in [0.3, 0.4) is 0 Å². The number of amides is 1. The number of carbonyl (C=O) groups excluding carboxylic acids is 1. The van der Waals surface area contributed by atoms with Crippen molar-refractivity contribution in [2.75, 3.05) is 29.7 Å². The standard InChI is InChI=1S/C16H18N2O2S3/c1-10-14(11-3-5-12(20-2)6-4-11)17-16(23-10)18-15(19)13-9-21-7-8-22-13/h3-6,13H,7-9H2,1-2H3,(H,17,18,19). The Morgan fingerprint density at radius 3 is 2.74 bits per heavy atom. The molecule has 1 amide bonds. The summed E-state index contributed by atoms with van der Waals surface area (Å²) in [4.78, 5) is 18.0. The summed E-state index contributed by atoms with van der Waals surface area (Å²) < 4.78 is 5.18. The van der Waals surface area contributed by atoms with Crippen LogP contribution in [0.2, 0.25) is 0 Å². The van der Waals surface area contributed by atoms with E-state index < -0.39 is 0 Å². The van der Waals surface area contributed by atoms with Crippen molar-refractivity contribution in [3.8, 4) is 17.0 Å². The summed E-state index contributed by atoms with van der Waals surface area (Å²) in [7, 11) is 1.65. The number of nitrogens with zero attached hydrogens (tertiary/aromatic N) is 1. The highest BCUT2D eigenvalue weighted by Gasteiger charge is 2.23. The fourth-order valence-corrected chi connectivity index (χ4v) is 5.69. The van der Waals surface area contributed by atoms with Crippen molar-refractivity contribution in [3.05, 3.63) is 29.1 Å². The number of carbonyl (C=O) groups is 1. The number of anilines is 1. The zero-order valence-electron chi connectivity index (χ0n) is 13.0. The fourth-order valence-electron chi connectivity index (χ4n) is 2.29. The van der Waals surface area contributed by atoms with E-state index >= 15 is 0 Å². The van der Waals surface area contributed by atoms with E-state index in [9.17, 15) is 4.79 Å². The third kappa shape index (κ3) is 4.02. The Labute approximate surface area is 148 Å². The van der Waals surface area contributed by atoms with Crippen LogP contribution in [-0.4, -0.2) is 40.5 Å². The molecule has 4 nitrogen and oxygen atoms in total. The molecule has 1 fully saturated rings. The highest BCUT2D eigenvalue weighted by atomic mass is 32.2. The molecule has 1 aliphatic heterocycles. The molecule has 1 unspecified atom stereocenters. The Morgan fingerprint density at radius 2 is 2.09 bits per heavy atom. The highest BCUT2D eigenvalue weighted by molar-refractivity contribution is 8.07. The molecule has 0 spiro atoms. The molecular formula is C16H18N2O2S3. The zero-order valence-corrected chi connectivity index (χ0v) is 15.4. The lowest BCUT2D eigenvalue weighted by molar-refractivity contribution is -0.115. The van der Waals surface area contributed by atoms with Gasteiger partial charge in [0, 0.05) is 27.7 Å². The molecule has 2 aromatic rings. The van der Waals surface area contributed by atoms with E-state index in [0.29, 0.717) is 5.13 Å². The summed E-state index contributed by atoms with van der Waals surface area (Å²) in [5.74, 6) is 3.94. The molecule has 2 heterocycles. The maximum absolute atomic E-state index is 12.3. The molecule has 3 rings (SSSR count). The summed E-state index contributed by atoms with van der Waals surface area (Å²) in [6.07, 6.45) is 0. The van der Waals surface area contributed by atoms with Crippen molar-refractivity contribution in [2.45, 2.75) is 12.2 Å². The number of aromatic nitrogens is 1. The van der Waals surface area contributed by atoms with Crippen molar-refractivity contribution in [1.82, 2.24) is 4.98 Å². The first-order valence-electron chi connectivity index (χ1n) is 7.29.